The van der Waals surface area contributed by atoms with Gasteiger partial charge in [0.25, 0.3) is 5.69 Å². The minimum Gasteiger partial charge on any atom is -0.454 e. The molecule has 4 aromatic rings. The first kappa shape index (κ1) is 25.3. The highest BCUT2D eigenvalue weighted by atomic mass is 19.1. The van der Waals surface area contributed by atoms with E-state index in [0.29, 0.717) is 29.2 Å². The quantitative estimate of drug-likeness (QED) is 0.135. The van der Waals surface area contributed by atoms with Gasteiger partial charge in [-0.05, 0) is 49.7 Å². The van der Waals surface area contributed by atoms with E-state index >= 15 is 0 Å². The van der Waals surface area contributed by atoms with Crippen molar-refractivity contribution in [2.75, 3.05) is 11.9 Å². The molecule has 0 fully saturated rings. The van der Waals surface area contributed by atoms with E-state index in [1.165, 1.54) is 18.2 Å². The van der Waals surface area contributed by atoms with Gasteiger partial charge in [-0.2, -0.15) is 0 Å². The van der Waals surface area contributed by atoms with E-state index in [2.05, 4.69) is 5.32 Å². The number of benzene rings is 3. The van der Waals surface area contributed by atoms with Gasteiger partial charge in [-0.3, -0.25) is 14.9 Å². The van der Waals surface area contributed by atoms with Gasteiger partial charge in [0.1, 0.15) is 11.5 Å². The summed E-state index contributed by atoms with van der Waals surface area (Å²) in [5.74, 6) is -1.77. The van der Waals surface area contributed by atoms with Crippen LogP contribution in [0.15, 0.2) is 78.9 Å². The molecule has 8 nitrogen and oxygen atoms in total. The molecule has 0 aliphatic rings. The molecular weight excluding hydrogens is 477 g/mol. The Kier molecular flexibility index (Phi) is 7.43. The number of hydrogen-bond acceptors (Lipinski definition) is 6. The van der Waals surface area contributed by atoms with Crippen LogP contribution in [0.25, 0.3) is 5.69 Å². The van der Waals surface area contributed by atoms with Crippen LogP contribution < -0.4 is 5.32 Å². The van der Waals surface area contributed by atoms with E-state index in [1.807, 2.05) is 30.3 Å². The summed E-state index contributed by atoms with van der Waals surface area (Å²) < 4.78 is 21.1. The van der Waals surface area contributed by atoms with Crippen LogP contribution >= 0.6 is 0 Å². The van der Waals surface area contributed by atoms with E-state index < -0.39 is 29.1 Å². The molecule has 0 aliphatic heterocycles. The fraction of sp³-hybridized carbons (Fsp3) is 0.143. The Hall–Kier alpha value is -4.79. The van der Waals surface area contributed by atoms with Crippen molar-refractivity contribution in [3.63, 3.8) is 0 Å². The molecule has 3 aromatic carbocycles. The SMILES string of the molecule is Cc1cc(C(=O)COC(=O)c2ccc(NCc3ccccc3)c([N+](=O)[O-])c2)c(C)n1-c1ccccc1F. The van der Waals surface area contributed by atoms with E-state index in [0.717, 1.165) is 11.6 Å². The molecule has 9 heteroatoms. The topological polar surface area (TPSA) is 103 Å². The summed E-state index contributed by atoms with van der Waals surface area (Å²) in [5, 5.41) is 14.6. The highest BCUT2D eigenvalue weighted by molar-refractivity contribution is 6.00. The summed E-state index contributed by atoms with van der Waals surface area (Å²) >= 11 is 0. The Morgan fingerprint density at radius 2 is 1.70 bits per heavy atom. The number of rotatable bonds is 9. The summed E-state index contributed by atoms with van der Waals surface area (Å²) in [5.41, 5.74) is 2.60. The Morgan fingerprint density at radius 3 is 2.41 bits per heavy atom. The number of ether oxygens (including phenoxy) is 1. The van der Waals surface area contributed by atoms with Gasteiger partial charge >= 0.3 is 5.97 Å². The molecule has 1 aromatic heterocycles. The number of carbonyl (C=O) groups excluding carboxylic acids is 2. The zero-order chi connectivity index (χ0) is 26.5. The molecular formula is C28H24FN3O5. The van der Waals surface area contributed by atoms with Crippen molar-refractivity contribution in [1.82, 2.24) is 4.57 Å². The molecule has 1 N–H and O–H groups in total. The first-order chi connectivity index (χ1) is 17.8. The largest absolute Gasteiger partial charge is 0.454 e. The summed E-state index contributed by atoms with van der Waals surface area (Å²) in [4.78, 5) is 36.4. The third-order valence-corrected chi connectivity index (χ3v) is 5.92. The maximum absolute atomic E-state index is 14.3. The van der Waals surface area contributed by atoms with Gasteiger partial charge in [-0.25, -0.2) is 9.18 Å². The van der Waals surface area contributed by atoms with Crippen molar-refractivity contribution in [2.45, 2.75) is 20.4 Å². The predicted octanol–water partition coefficient (Wildman–Crippen LogP) is 5.79. The number of Topliss-reactive ketones (excluding diaryl/α,β-unsaturated/α-hetero) is 1. The molecule has 1 heterocycles. The van der Waals surface area contributed by atoms with Crippen LogP contribution in [0.5, 0.6) is 0 Å². The molecule has 0 aliphatic carbocycles. The number of anilines is 1. The summed E-state index contributed by atoms with van der Waals surface area (Å²) in [7, 11) is 0. The number of halogens is 1. The fourth-order valence-electron chi connectivity index (χ4n) is 4.09. The molecule has 0 amide bonds. The van der Waals surface area contributed by atoms with E-state index in [4.69, 9.17) is 4.74 Å². The monoisotopic (exact) mass is 501 g/mol. The molecule has 4 rings (SSSR count). The van der Waals surface area contributed by atoms with Gasteiger partial charge in [-0.15, -0.1) is 0 Å². The Morgan fingerprint density at radius 1 is 1.00 bits per heavy atom. The first-order valence-corrected chi connectivity index (χ1v) is 11.5. The number of ketones is 1. The van der Waals surface area contributed by atoms with Crippen molar-refractivity contribution >= 4 is 23.1 Å². The van der Waals surface area contributed by atoms with Gasteiger partial charge in [0.05, 0.1) is 16.2 Å². The van der Waals surface area contributed by atoms with Crippen LogP contribution in [-0.2, 0) is 11.3 Å². The molecule has 0 bridgehead atoms. The van der Waals surface area contributed by atoms with Crippen LogP contribution in [0.4, 0.5) is 15.8 Å². The highest BCUT2D eigenvalue weighted by Gasteiger charge is 2.22. The molecule has 0 atom stereocenters. The number of aromatic nitrogens is 1. The maximum Gasteiger partial charge on any atom is 0.338 e. The summed E-state index contributed by atoms with van der Waals surface area (Å²) in [6.45, 7) is 3.22. The molecule has 0 unspecified atom stereocenters. The minimum absolute atomic E-state index is 0.0541. The number of carbonyl (C=O) groups is 2. The van der Waals surface area contributed by atoms with Gasteiger partial charge in [0, 0.05) is 29.6 Å². The van der Waals surface area contributed by atoms with Crippen LogP contribution in [-0.4, -0.2) is 27.8 Å². The second kappa shape index (κ2) is 10.9. The van der Waals surface area contributed by atoms with Gasteiger partial charge < -0.3 is 14.6 Å². The number of nitro benzene ring substituents is 1. The van der Waals surface area contributed by atoms with Crippen molar-refractivity contribution in [3.8, 4) is 5.69 Å². The number of nitrogens with one attached hydrogen (secondary N) is 1. The molecule has 0 radical (unpaired) electrons. The van der Waals surface area contributed by atoms with Crippen molar-refractivity contribution in [1.29, 1.82) is 0 Å². The molecule has 37 heavy (non-hydrogen) atoms. The van der Waals surface area contributed by atoms with Gasteiger partial charge in [-0.1, -0.05) is 42.5 Å². The second-order valence-electron chi connectivity index (χ2n) is 8.40. The van der Waals surface area contributed by atoms with Crippen LogP contribution in [0.1, 0.15) is 37.7 Å². The van der Waals surface area contributed by atoms with Crippen molar-refractivity contribution in [3.05, 3.63) is 123 Å². The van der Waals surface area contributed by atoms with E-state index in [9.17, 15) is 24.1 Å². The Balaban J connectivity index is 1.46. The average molecular weight is 502 g/mol. The Bertz CT molecular complexity index is 1480. The van der Waals surface area contributed by atoms with Gasteiger partial charge in [0.2, 0.25) is 5.78 Å². The standard InChI is InChI=1S/C28H24FN3O5/c1-18-14-22(19(2)31(18)25-11-7-6-10-23(25)29)27(33)17-37-28(34)21-12-13-24(26(15-21)32(35)36)30-16-20-8-4-3-5-9-20/h3-15,30H,16-17H2,1-2H3. The minimum atomic E-state index is -0.867. The third-order valence-electron chi connectivity index (χ3n) is 5.92. The number of esters is 1. The molecule has 0 saturated carbocycles. The lowest BCUT2D eigenvalue weighted by atomic mass is 10.1. The lowest BCUT2D eigenvalue weighted by Crippen LogP contribution is -2.15. The number of nitro groups is 1. The zero-order valence-electron chi connectivity index (χ0n) is 20.2. The fourth-order valence-corrected chi connectivity index (χ4v) is 4.09. The maximum atomic E-state index is 14.3. The van der Waals surface area contributed by atoms with Crippen molar-refractivity contribution in [2.24, 2.45) is 0 Å². The predicted molar refractivity (Wildman–Crippen MR) is 137 cm³/mol. The smallest absolute Gasteiger partial charge is 0.338 e. The average Bonchev–Trinajstić information content (AvgIpc) is 3.20. The Labute approximate surface area is 212 Å². The second-order valence-corrected chi connectivity index (χ2v) is 8.40. The molecule has 188 valence electrons. The number of para-hydroxylation sites is 1. The third kappa shape index (κ3) is 5.56. The van der Waals surface area contributed by atoms with Crippen LogP contribution in [0.2, 0.25) is 0 Å². The number of hydrogen-bond donors (Lipinski definition) is 1. The normalized spacial score (nSPS) is 10.7. The number of aryl methyl sites for hydroxylation is 1. The van der Waals surface area contributed by atoms with Crippen LogP contribution in [0.3, 0.4) is 0 Å². The summed E-state index contributed by atoms with van der Waals surface area (Å²) in [6, 6.07) is 21.1. The number of nitrogens with zero attached hydrogens (tertiary/aromatic N) is 2. The zero-order valence-corrected chi connectivity index (χ0v) is 20.2. The lowest BCUT2D eigenvalue weighted by Gasteiger charge is -2.11. The van der Waals surface area contributed by atoms with E-state index in [1.54, 1.807) is 42.7 Å². The highest BCUT2D eigenvalue weighted by Crippen LogP contribution is 2.27. The van der Waals surface area contributed by atoms with Gasteiger partial charge in [0.15, 0.2) is 6.61 Å². The van der Waals surface area contributed by atoms with E-state index in [-0.39, 0.29) is 16.9 Å². The molecule has 0 spiro atoms. The summed E-state index contributed by atoms with van der Waals surface area (Å²) in [6.07, 6.45) is 0. The van der Waals surface area contributed by atoms with Crippen molar-refractivity contribution < 1.29 is 23.6 Å². The first-order valence-electron chi connectivity index (χ1n) is 11.5. The molecule has 0 saturated heterocycles. The lowest BCUT2D eigenvalue weighted by molar-refractivity contribution is -0.384. The van der Waals surface area contributed by atoms with Crippen LogP contribution in [0, 0.1) is 29.8 Å².